The SMILES string of the molecule is COCCc1nsc(N2CCCC2CN2CC(C)OC(C)C2)n1. The van der Waals surface area contributed by atoms with Crippen molar-refractivity contribution in [2.24, 2.45) is 0 Å². The summed E-state index contributed by atoms with van der Waals surface area (Å²) in [5.74, 6) is 0.908. The molecule has 0 spiro atoms. The van der Waals surface area contributed by atoms with Crippen molar-refractivity contribution in [3.05, 3.63) is 5.82 Å². The summed E-state index contributed by atoms with van der Waals surface area (Å²) in [6.45, 7) is 9.28. The third-order valence-electron chi connectivity index (χ3n) is 4.57. The van der Waals surface area contributed by atoms with E-state index in [1.54, 1.807) is 7.11 Å². The highest BCUT2D eigenvalue weighted by Gasteiger charge is 2.31. The van der Waals surface area contributed by atoms with Crippen molar-refractivity contribution in [3.8, 4) is 0 Å². The number of morpholine rings is 1. The van der Waals surface area contributed by atoms with Crippen molar-refractivity contribution in [1.29, 1.82) is 0 Å². The maximum absolute atomic E-state index is 5.85. The molecule has 0 N–H and O–H groups in total. The first-order chi connectivity index (χ1) is 11.2. The predicted octanol–water partition coefficient (Wildman–Crippen LogP) is 1.81. The predicted molar refractivity (Wildman–Crippen MR) is 92.3 cm³/mol. The van der Waals surface area contributed by atoms with Gasteiger partial charge in [0.1, 0.15) is 5.82 Å². The molecule has 3 rings (SSSR count). The zero-order valence-electron chi connectivity index (χ0n) is 14.4. The lowest BCUT2D eigenvalue weighted by Gasteiger charge is -2.38. The van der Waals surface area contributed by atoms with Crippen LogP contribution in [-0.4, -0.2) is 72.4 Å². The highest BCUT2D eigenvalue weighted by Crippen LogP contribution is 2.28. The Bertz CT molecular complexity index is 488. The smallest absolute Gasteiger partial charge is 0.205 e. The Kier molecular flexibility index (Phi) is 5.85. The first-order valence-corrected chi connectivity index (χ1v) is 9.39. The van der Waals surface area contributed by atoms with Crippen LogP contribution in [0.4, 0.5) is 5.13 Å². The number of methoxy groups -OCH3 is 1. The summed E-state index contributed by atoms with van der Waals surface area (Å²) in [4.78, 5) is 9.72. The Labute approximate surface area is 142 Å². The summed E-state index contributed by atoms with van der Waals surface area (Å²) in [5.41, 5.74) is 0. The van der Waals surface area contributed by atoms with Crippen molar-refractivity contribution < 1.29 is 9.47 Å². The van der Waals surface area contributed by atoms with Crippen molar-refractivity contribution in [2.75, 3.05) is 44.8 Å². The topological polar surface area (TPSA) is 50.7 Å². The third-order valence-corrected chi connectivity index (χ3v) is 5.37. The van der Waals surface area contributed by atoms with Gasteiger partial charge in [0.2, 0.25) is 5.13 Å². The van der Waals surface area contributed by atoms with Gasteiger partial charge in [-0.2, -0.15) is 4.37 Å². The molecule has 2 aliphatic rings. The van der Waals surface area contributed by atoms with E-state index in [-0.39, 0.29) is 0 Å². The van der Waals surface area contributed by atoms with Gasteiger partial charge in [-0.25, -0.2) is 4.98 Å². The molecule has 2 aliphatic heterocycles. The average Bonchev–Trinajstić information content (AvgIpc) is 3.12. The van der Waals surface area contributed by atoms with Crippen molar-refractivity contribution in [2.45, 2.75) is 51.4 Å². The molecular formula is C16H28N4O2S. The van der Waals surface area contributed by atoms with Crippen LogP contribution in [0.5, 0.6) is 0 Å². The summed E-state index contributed by atoms with van der Waals surface area (Å²) >= 11 is 1.53. The molecule has 0 saturated carbocycles. The molecule has 1 aromatic heterocycles. The highest BCUT2D eigenvalue weighted by atomic mass is 32.1. The molecule has 3 unspecified atom stereocenters. The number of hydrogen-bond donors (Lipinski definition) is 0. The second-order valence-electron chi connectivity index (χ2n) is 6.70. The van der Waals surface area contributed by atoms with E-state index < -0.39 is 0 Å². The maximum Gasteiger partial charge on any atom is 0.205 e. The van der Waals surface area contributed by atoms with Crippen LogP contribution in [0.2, 0.25) is 0 Å². The lowest BCUT2D eigenvalue weighted by atomic mass is 10.1. The molecule has 3 atom stereocenters. The van der Waals surface area contributed by atoms with Crippen LogP contribution in [0.1, 0.15) is 32.5 Å². The average molecular weight is 340 g/mol. The van der Waals surface area contributed by atoms with E-state index in [1.807, 2.05) is 0 Å². The molecular weight excluding hydrogens is 312 g/mol. The van der Waals surface area contributed by atoms with E-state index in [2.05, 4.69) is 28.0 Å². The minimum atomic E-state index is 0.329. The van der Waals surface area contributed by atoms with E-state index in [0.29, 0.717) is 24.9 Å². The van der Waals surface area contributed by atoms with Crippen LogP contribution >= 0.6 is 11.5 Å². The van der Waals surface area contributed by atoms with Gasteiger partial charge in [-0.15, -0.1) is 0 Å². The van der Waals surface area contributed by atoms with Crippen molar-refractivity contribution in [3.63, 3.8) is 0 Å². The number of nitrogens with zero attached hydrogens (tertiary/aromatic N) is 4. The summed E-state index contributed by atoms with van der Waals surface area (Å²) in [7, 11) is 1.72. The first kappa shape index (κ1) is 17.1. The summed E-state index contributed by atoms with van der Waals surface area (Å²) in [6.07, 6.45) is 3.94. The molecule has 6 nitrogen and oxygen atoms in total. The van der Waals surface area contributed by atoms with E-state index in [1.165, 1.54) is 24.4 Å². The normalized spacial score (nSPS) is 29.3. The van der Waals surface area contributed by atoms with Gasteiger partial charge in [0, 0.05) is 57.3 Å². The molecule has 0 aliphatic carbocycles. The van der Waals surface area contributed by atoms with Gasteiger partial charge in [-0.1, -0.05) is 0 Å². The molecule has 2 saturated heterocycles. The minimum Gasteiger partial charge on any atom is -0.384 e. The third kappa shape index (κ3) is 4.41. The van der Waals surface area contributed by atoms with Crippen LogP contribution < -0.4 is 4.90 Å². The van der Waals surface area contributed by atoms with Gasteiger partial charge in [-0.3, -0.25) is 4.90 Å². The molecule has 7 heteroatoms. The molecule has 3 heterocycles. The molecule has 0 amide bonds. The lowest BCUT2D eigenvalue weighted by Crippen LogP contribution is -2.50. The standard InChI is InChI=1S/C16H28N4O2S/c1-12-9-19(10-13(2)22-12)11-14-5-4-7-20(14)16-17-15(18-23-16)6-8-21-3/h12-14H,4-11H2,1-3H3. The van der Waals surface area contributed by atoms with Crippen molar-refractivity contribution >= 4 is 16.7 Å². The fourth-order valence-corrected chi connectivity index (χ4v) is 4.48. The van der Waals surface area contributed by atoms with Crippen LogP contribution in [0.15, 0.2) is 0 Å². The van der Waals surface area contributed by atoms with Gasteiger partial charge in [-0.05, 0) is 26.7 Å². The largest absolute Gasteiger partial charge is 0.384 e. The zero-order valence-corrected chi connectivity index (χ0v) is 15.2. The second-order valence-corrected chi connectivity index (χ2v) is 7.43. The van der Waals surface area contributed by atoms with E-state index >= 15 is 0 Å². The van der Waals surface area contributed by atoms with E-state index in [9.17, 15) is 0 Å². The van der Waals surface area contributed by atoms with E-state index in [0.717, 1.165) is 43.6 Å². The first-order valence-electron chi connectivity index (χ1n) is 8.61. The molecule has 0 bridgehead atoms. The number of ether oxygens (including phenoxy) is 2. The number of anilines is 1. The Morgan fingerprint density at radius 3 is 2.83 bits per heavy atom. The summed E-state index contributed by atoms with van der Waals surface area (Å²) in [6, 6.07) is 0.552. The second kappa shape index (κ2) is 7.88. The van der Waals surface area contributed by atoms with Gasteiger partial charge in [0.25, 0.3) is 0 Å². The Balaban J connectivity index is 1.60. The molecule has 0 aromatic carbocycles. The Morgan fingerprint density at radius 1 is 1.30 bits per heavy atom. The van der Waals surface area contributed by atoms with Crippen LogP contribution in [0.3, 0.4) is 0 Å². The van der Waals surface area contributed by atoms with Crippen LogP contribution in [0.25, 0.3) is 0 Å². The fraction of sp³-hybridized carbons (Fsp3) is 0.875. The molecule has 2 fully saturated rings. The Morgan fingerprint density at radius 2 is 2.09 bits per heavy atom. The monoisotopic (exact) mass is 340 g/mol. The summed E-state index contributed by atoms with van der Waals surface area (Å²) < 4.78 is 15.4. The minimum absolute atomic E-state index is 0.329. The molecule has 1 aromatic rings. The summed E-state index contributed by atoms with van der Waals surface area (Å²) in [5, 5.41) is 1.08. The van der Waals surface area contributed by atoms with Gasteiger partial charge < -0.3 is 14.4 Å². The zero-order chi connectivity index (χ0) is 16.2. The highest BCUT2D eigenvalue weighted by molar-refractivity contribution is 7.09. The molecule has 130 valence electrons. The van der Waals surface area contributed by atoms with Crippen LogP contribution in [-0.2, 0) is 15.9 Å². The van der Waals surface area contributed by atoms with E-state index in [4.69, 9.17) is 14.5 Å². The number of hydrogen-bond acceptors (Lipinski definition) is 7. The van der Waals surface area contributed by atoms with Crippen molar-refractivity contribution in [1.82, 2.24) is 14.3 Å². The molecule has 23 heavy (non-hydrogen) atoms. The Hall–Kier alpha value is -0.760. The number of aromatic nitrogens is 2. The maximum atomic E-state index is 5.85. The van der Waals surface area contributed by atoms with Gasteiger partial charge in [0.05, 0.1) is 18.8 Å². The number of rotatable bonds is 6. The lowest BCUT2D eigenvalue weighted by molar-refractivity contribution is -0.0689. The van der Waals surface area contributed by atoms with Gasteiger partial charge in [0.15, 0.2) is 0 Å². The fourth-order valence-electron chi connectivity index (χ4n) is 3.67. The van der Waals surface area contributed by atoms with Gasteiger partial charge >= 0.3 is 0 Å². The van der Waals surface area contributed by atoms with Crippen LogP contribution in [0, 0.1) is 0 Å². The quantitative estimate of drug-likeness (QED) is 0.787. The molecule has 0 radical (unpaired) electrons.